The Balaban J connectivity index is 2.31. The zero-order valence-corrected chi connectivity index (χ0v) is 10.5. The molecule has 0 saturated heterocycles. The van der Waals surface area contributed by atoms with Gasteiger partial charge in [-0.3, -0.25) is 8.63 Å². The number of furan rings is 1. The standard InChI is InChI=1S/C12H10BF2NOS/c1-9(11-6-4-8-17-11)16-10-5-2-3-7-12(10)18-13(14)15/h2-8H,1H3. The lowest BCUT2D eigenvalue weighted by atomic mass is 10.3. The molecule has 0 bridgehead atoms. The molecule has 0 radical (unpaired) electrons. The molecule has 2 aromatic rings. The quantitative estimate of drug-likeness (QED) is 0.603. The molecule has 0 amide bonds. The van der Waals surface area contributed by atoms with E-state index in [0.29, 0.717) is 33.7 Å². The highest BCUT2D eigenvalue weighted by Gasteiger charge is 2.16. The molecule has 0 aliphatic heterocycles. The van der Waals surface area contributed by atoms with Crippen molar-refractivity contribution in [2.75, 3.05) is 0 Å². The van der Waals surface area contributed by atoms with Crippen LogP contribution in [0.4, 0.5) is 14.3 Å². The summed E-state index contributed by atoms with van der Waals surface area (Å²) >= 11 is 0.493. The van der Waals surface area contributed by atoms with E-state index < -0.39 is 6.55 Å². The Morgan fingerprint density at radius 3 is 2.67 bits per heavy atom. The van der Waals surface area contributed by atoms with Crippen molar-refractivity contribution >= 4 is 29.6 Å². The molecule has 0 aliphatic rings. The molecule has 0 saturated carbocycles. The molecule has 0 spiro atoms. The van der Waals surface area contributed by atoms with E-state index in [9.17, 15) is 8.63 Å². The van der Waals surface area contributed by atoms with Gasteiger partial charge in [-0.05, 0) is 31.2 Å². The van der Waals surface area contributed by atoms with Crippen LogP contribution >= 0.6 is 11.6 Å². The highest BCUT2D eigenvalue weighted by Crippen LogP contribution is 2.32. The van der Waals surface area contributed by atoms with Crippen LogP contribution in [0.2, 0.25) is 0 Å². The average molecular weight is 265 g/mol. The summed E-state index contributed by atoms with van der Waals surface area (Å²) in [5.41, 5.74) is 1.18. The summed E-state index contributed by atoms with van der Waals surface area (Å²) < 4.78 is 30.0. The van der Waals surface area contributed by atoms with Gasteiger partial charge in [-0.2, -0.15) is 0 Å². The van der Waals surface area contributed by atoms with Gasteiger partial charge in [0.25, 0.3) is 0 Å². The van der Waals surface area contributed by atoms with Crippen molar-refractivity contribution in [3.05, 3.63) is 48.4 Å². The van der Waals surface area contributed by atoms with Crippen molar-refractivity contribution in [1.82, 2.24) is 0 Å². The van der Waals surface area contributed by atoms with Crippen molar-refractivity contribution in [1.29, 1.82) is 0 Å². The van der Waals surface area contributed by atoms with E-state index in [1.165, 1.54) is 0 Å². The van der Waals surface area contributed by atoms with E-state index in [1.54, 1.807) is 49.6 Å². The lowest BCUT2D eigenvalue weighted by Gasteiger charge is -2.04. The molecule has 6 heteroatoms. The molecule has 18 heavy (non-hydrogen) atoms. The molecule has 0 unspecified atom stereocenters. The molecule has 92 valence electrons. The van der Waals surface area contributed by atoms with Crippen LogP contribution in [-0.2, 0) is 0 Å². The third kappa shape index (κ3) is 3.23. The molecular formula is C12H10BF2NOS. The van der Waals surface area contributed by atoms with Crippen molar-refractivity contribution in [2.45, 2.75) is 11.8 Å². The van der Waals surface area contributed by atoms with Crippen LogP contribution in [-0.4, -0.2) is 12.3 Å². The number of rotatable bonds is 4. The molecule has 0 fully saturated rings. The zero-order chi connectivity index (χ0) is 13.0. The summed E-state index contributed by atoms with van der Waals surface area (Å²) in [6, 6.07) is 10.4. The fourth-order valence-corrected chi connectivity index (χ4v) is 2.05. The number of aliphatic imine (C=N–C) groups is 1. The first-order valence-corrected chi connectivity index (χ1v) is 6.18. The number of para-hydroxylation sites is 1. The summed E-state index contributed by atoms with van der Waals surface area (Å²) in [6.07, 6.45) is 1.55. The van der Waals surface area contributed by atoms with Crippen molar-refractivity contribution in [2.24, 2.45) is 4.99 Å². The van der Waals surface area contributed by atoms with Gasteiger partial charge < -0.3 is 4.42 Å². The van der Waals surface area contributed by atoms with E-state index in [2.05, 4.69) is 4.99 Å². The molecule has 2 nitrogen and oxygen atoms in total. The van der Waals surface area contributed by atoms with E-state index in [0.717, 1.165) is 0 Å². The fourth-order valence-electron chi connectivity index (χ4n) is 1.47. The van der Waals surface area contributed by atoms with Gasteiger partial charge in [0.05, 0.1) is 17.7 Å². The lowest BCUT2D eigenvalue weighted by molar-refractivity contribution is 0.557. The number of hydrogen-bond donors (Lipinski definition) is 0. The number of benzene rings is 1. The van der Waals surface area contributed by atoms with Gasteiger partial charge in [-0.25, -0.2) is 4.99 Å². The van der Waals surface area contributed by atoms with Crippen LogP contribution in [0, 0.1) is 0 Å². The lowest BCUT2D eigenvalue weighted by Crippen LogP contribution is -1.92. The van der Waals surface area contributed by atoms with Crippen molar-refractivity contribution < 1.29 is 13.0 Å². The molecule has 0 atom stereocenters. The molecule has 1 aromatic carbocycles. The van der Waals surface area contributed by atoms with Crippen LogP contribution in [0.5, 0.6) is 0 Å². The Bertz CT molecular complexity index is 543. The summed E-state index contributed by atoms with van der Waals surface area (Å²) in [7, 11) is 0. The Kier molecular flexibility index (Phi) is 4.20. The maximum absolute atomic E-state index is 12.4. The monoisotopic (exact) mass is 265 g/mol. The first kappa shape index (κ1) is 12.9. The molecule has 0 aliphatic carbocycles. The summed E-state index contributed by atoms with van der Waals surface area (Å²) in [5.74, 6) is 0.631. The topological polar surface area (TPSA) is 25.5 Å². The second kappa shape index (κ2) is 5.86. The smallest absolute Gasteiger partial charge is 0.463 e. The van der Waals surface area contributed by atoms with Gasteiger partial charge in [0, 0.05) is 4.90 Å². The van der Waals surface area contributed by atoms with Crippen LogP contribution in [0.1, 0.15) is 12.7 Å². The molecule has 1 heterocycles. The molecule has 2 rings (SSSR count). The van der Waals surface area contributed by atoms with Gasteiger partial charge in [0.2, 0.25) is 0 Å². The number of hydrogen-bond acceptors (Lipinski definition) is 3. The van der Waals surface area contributed by atoms with E-state index in [1.807, 2.05) is 0 Å². The SMILES string of the molecule is CC(=Nc1ccccc1SB(F)F)c1ccco1. The summed E-state index contributed by atoms with van der Waals surface area (Å²) in [5, 5.41) is 0. The van der Waals surface area contributed by atoms with Crippen LogP contribution in [0.3, 0.4) is 0 Å². The van der Waals surface area contributed by atoms with Gasteiger partial charge in [-0.15, -0.1) is 0 Å². The molecule has 0 N–H and O–H groups in total. The summed E-state index contributed by atoms with van der Waals surface area (Å²) in [4.78, 5) is 4.78. The Morgan fingerprint density at radius 2 is 2.00 bits per heavy atom. The largest absolute Gasteiger partial charge is 0.614 e. The predicted octanol–water partition coefficient (Wildman–Crippen LogP) is 4.44. The van der Waals surface area contributed by atoms with Crippen LogP contribution in [0.15, 0.2) is 57.0 Å². The highest BCUT2D eigenvalue weighted by molar-refractivity contribution is 8.24. The minimum absolute atomic E-state index is 0.457. The Hall–Kier alpha value is -1.56. The predicted molar refractivity (Wildman–Crippen MR) is 70.8 cm³/mol. The van der Waals surface area contributed by atoms with Gasteiger partial charge in [-0.1, -0.05) is 23.7 Å². The Morgan fingerprint density at radius 1 is 1.22 bits per heavy atom. The van der Waals surface area contributed by atoms with Gasteiger partial charge in [0.15, 0.2) is 0 Å². The maximum atomic E-state index is 12.4. The maximum Gasteiger partial charge on any atom is 0.614 e. The third-order valence-corrected chi connectivity index (χ3v) is 3.02. The van der Waals surface area contributed by atoms with Gasteiger partial charge >= 0.3 is 6.55 Å². The fraction of sp³-hybridized carbons (Fsp3) is 0.0833. The molecule has 1 aromatic heterocycles. The van der Waals surface area contributed by atoms with Gasteiger partial charge in [0.1, 0.15) is 5.76 Å². The number of nitrogens with zero attached hydrogens (tertiary/aromatic N) is 1. The Labute approximate surface area is 108 Å². The van der Waals surface area contributed by atoms with Crippen molar-refractivity contribution in [3.8, 4) is 0 Å². The molecular weight excluding hydrogens is 255 g/mol. The minimum atomic E-state index is -2.45. The third-order valence-electron chi connectivity index (χ3n) is 2.25. The first-order chi connectivity index (χ1) is 8.66. The highest BCUT2D eigenvalue weighted by atomic mass is 32.2. The first-order valence-electron chi connectivity index (χ1n) is 5.30. The second-order valence-corrected chi connectivity index (χ2v) is 4.55. The average Bonchev–Trinajstić information content (AvgIpc) is 2.84. The van der Waals surface area contributed by atoms with E-state index in [4.69, 9.17) is 4.42 Å². The minimum Gasteiger partial charge on any atom is -0.463 e. The summed E-state index contributed by atoms with van der Waals surface area (Å²) in [6.45, 7) is -0.673. The van der Waals surface area contributed by atoms with E-state index in [-0.39, 0.29) is 0 Å². The van der Waals surface area contributed by atoms with Crippen molar-refractivity contribution in [3.63, 3.8) is 0 Å². The van der Waals surface area contributed by atoms with Crippen LogP contribution in [0.25, 0.3) is 0 Å². The zero-order valence-electron chi connectivity index (χ0n) is 9.64. The normalized spacial score (nSPS) is 11.6. The van der Waals surface area contributed by atoms with E-state index >= 15 is 0 Å². The second-order valence-electron chi connectivity index (χ2n) is 3.52. The van der Waals surface area contributed by atoms with Crippen LogP contribution < -0.4 is 0 Å². The number of halogens is 2.